The average molecular weight is 416 g/mol. The van der Waals surface area contributed by atoms with Gasteiger partial charge in [0, 0.05) is 16.8 Å². The molecule has 0 unspecified atom stereocenters. The maximum atomic E-state index is 13.0. The van der Waals surface area contributed by atoms with Crippen molar-refractivity contribution in [1.29, 1.82) is 0 Å². The van der Waals surface area contributed by atoms with Gasteiger partial charge in [0.05, 0.1) is 14.2 Å². The smallest absolute Gasteiger partial charge is 0.272 e. The maximum absolute atomic E-state index is 13.0. The molecule has 0 spiro atoms. The second-order valence-electron chi connectivity index (χ2n) is 6.81. The molecular formula is C25H24N2O4. The van der Waals surface area contributed by atoms with E-state index in [9.17, 15) is 9.59 Å². The first-order chi connectivity index (χ1) is 15.0. The van der Waals surface area contributed by atoms with Crippen LogP contribution in [0.15, 0.2) is 78.5 Å². The molecule has 0 aliphatic heterocycles. The molecule has 31 heavy (non-hydrogen) atoms. The van der Waals surface area contributed by atoms with Gasteiger partial charge in [-0.1, -0.05) is 35.9 Å². The fourth-order valence-electron chi connectivity index (χ4n) is 2.95. The molecule has 0 aliphatic rings. The second-order valence-corrected chi connectivity index (χ2v) is 6.81. The van der Waals surface area contributed by atoms with Gasteiger partial charge in [-0.15, -0.1) is 0 Å². The van der Waals surface area contributed by atoms with Gasteiger partial charge in [-0.3, -0.25) is 9.59 Å². The van der Waals surface area contributed by atoms with Gasteiger partial charge in [-0.25, -0.2) is 0 Å². The average Bonchev–Trinajstić information content (AvgIpc) is 2.79. The normalized spacial score (nSPS) is 10.9. The molecule has 0 saturated heterocycles. The maximum Gasteiger partial charge on any atom is 0.272 e. The van der Waals surface area contributed by atoms with Crippen molar-refractivity contribution >= 4 is 23.6 Å². The van der Waals surface area contributed by atoms with E-state index in [2.05, 4.69) is 10.6 Å². The van der Waals surface area contributed by atoms with E-state index in [0.29, 0.717) is 28.3 Å². The summed E-state index contributed by atoms with van der Waals surface area (Å²) in [5, 5.41) is 5.53. The summed E-state index contributed by atoms with van der Waals surface area (Å²) in [6, 6.07) is 21.3. The van der Waals surface area contributed by atoms with Gasteiger partial charge in [-0.2, -0.15) is 0 Å². The number of benzene rings is 3. The molecule has 0 fully saturated rings. The van der Waals surface area contributed by atoms with Crippen LogP contribution in [0, 0.1) is 6.92 Å². The number of ether oxygens (including phenoxy) is 2. The Morgan fingerprint density at radius 2 is 1.61 bits per heavy atom. The summed E-state index contributed by atoms with van der Waals surface area (Å²) in [5.74, 6) is 0.421. The van der Waals surface area contributed by atoms with E-state index < -0.39 is 5.91 Å². The van der Waals surface area contributed by atoms with Crippen LogP contribution in [0.4, 0.5) is 5.69 Å². The number of aryl methyl sites for hydroxylation is 1. The number of hydrogen-bond acceptors (Lipinski definition) is 4. The lowest BCUT2D eigenvalue weighted by Gasteiger charge is -2.13. The molecule has 0 aromatic heterocycles. The molecule has 0 aliphatic carbocycles. The Bertz CT molecular complexity index is 1100. The van der Waals surface area contributed by atoms with Crippen molar-refractivity contribution in [2.75, 3.05) is 19.5 Å². The van der Waals surface area contributed by atoms with E-state index >= 15 is 0 Å². The van der Waals surface area contributed by atoms with E-state index in [0.717, 1.165) is 5.56 Å². The fourth-order valence-corrected chi connectivity index (χ4v) is 2.95. The minimum absolute atomic E-state index is 0.0897. The highest BCUT2D eigenvalue weighted by molar-refractivity contribution is 6.10. The van der Waals surface area contributed by atoms with Crippen LogP contribution in [0.1, 0.15) is 21.5 Å². The molecule has 0 heterocycles. The number of nitrogens with one attached hydrogen (secondary N) is 2. The summed E-state index contributed by atoms with van der Waals surface area (Å²) in [5.41, 5.74) is 2.73. The third kappa shape index (κ3) is 5.73. The summed E-state index contributed by atoms with van der Waals surface area (Å²) >= 11 is 0. The lowest BCUT2D eigenvalue weighted by atomic mass is 10.1. The summed E-state index contributed by atoms with van der Waals surface area (Å²) in [6.45, 7) is 1.90. The summed E-state index contributed by atoms with van der Waals surface area (Å²) in [7, 11) is 3.12. The molecule has 2 N–H and O–H groups in total. The highest BCUT2D eigenvalue weighted by atomic mass is 16.5. The van der Waals surface area contributed by atoms with Crippen molar-refractivity contribution in [1.82, 2.24) is 5.32 Å². The number of rotatable bonds is 7. The van der Waals surface area contributed by atoms with E-state index in [-0.39, 0.29) is 11.6 Å². The second kappa shape index (κ2) is 10.1. The first-order valence-electron chi connectivity index (χ1n) is 9.68. The van der Waals surface area contributed by atoms with Crippen LogP contribution in [0.5, 0.6) is 11.5 Å². The van der Waals surface area contributed by atoms with E-state index in [1.807, 2.05) is 25.1 Å². The molecule has 158 valence electrons. The van der Waals surface area contributed by atoms with Crippen molar-refractivity contribution in [3.63, 3.8) is 0 Å². The lowest BCUT2D eigenvalue weighted by molar-refractivity contribution is -0.113. The molecule has 6 nitrogen and oxygen atoms in total. The van der Waals surface area contributed by atoms with E-state index in [1.165, 1.54) is 0 Å². The highest BCUT2D eigenvalue weighted by Gasteiger charge is 2.16. The zero-order valence-electron chi connectivity index (χ0n) is 17.6. The van der Waals surface area contributed by atoms with Crippen molar-refractivity contribution in [2.24, 2.45) is 0 Å². The Morgan fingerprint density at radius 3 is 2.29 bits per heavy atom. The number of amides is 2. The molecule has 0 bridgehead atoms. The van der Waals surface area contributed by atoms with Crippen LogP contribution in [0.2, 0.25) is 0 Å². The number of carbonyl (C=O) groups is 2. The van der Waals surface area contributed by atoms with Gasteiger partial charge >= 0.3 is 0 Å². The molecule has 6 heteroatoms. The number of carbonyl (C=O) groups excluding carboxylic acids is 2. The Kier molecular flexibility index (Phi) is 7.06. The molecule has 2 amide bonds. The molecule has 3 rings (SSSR count). The molecule has 3 aromatic carbocycles. The number of hydrogen-bond donors (Lipinski definition) is 2. The third-order valence-corrected chi connectivity index (χ3v) is 4.56. The van der Waals surface area contributed by atoms with Crippen LogP contribution in [0.3, 0.4) is 0 Å². The number of methoxy groups -OCH3 is 2. The Balaban J connectivity index is 1.91. The summed E-state index contributed by atoms with van der Waals surface area (Å²) < 4.78 is 10.5. The SMILES string of the molecule is COc1ccc(NC(=O)/C(=C/c2ccccc2OC)NC(=O)c2cccc(C)c2)cc1. The minimum Gasteiger partial charge on any atom is -0.497 e. The molecular weight excluding hydrogens is 392 g/mol. The Hall–Kier alpha value is -4.06. The zero-order valence-corrected chi connectivity index (χ0v) is 17.6. The first kappa shape index (κ1) is 21.6. The number of anilines is 1. The number of para-hydroxylation sites is 1. The van der Waals surface area contributed by atoms with Crippen LogP contribution in [-0.4, -0.2) is 26.0 Å². The summed E-state index contributed by atoms with van der Waals surface area (Å²) in [4.78, 5) is 25.9. The van der Waals surface area contributed by atoms with Crippen LogP contribution in [-0.2, 0) is 4.79 Å². The lowest BCUT2D eigenvalue weighted by Crippen LogP contribution is -2.30. The fraction of sp³-hybridized carbons (Fsp3) is 0.120. The van der Waals surface area contributed by atoms with Crippen LogP contribution < -0.4 is 20.1 Å². The van der Waals surface area contributed by atoms with E-state index in [1.54, 1.807) is 74.9 Å². The van der Waals surface area contributed by atoms with E-state index in [4.69, 9.17) is 9.47 Å². The molecule has 0 atom stereocenters. The predicted molar refractivity (Wildman–Crippen MR) is 121 cm³/mol. The topological polar surface area (TPSA) is 76.7 Å². The Morgan fingerprint density at radius 1 is 0.871 bits per heavy atom. The van der Waals surface area contributed by atoms with Gasteiger partial charge in [0.25, 0.3) is 11.8 Å². The predicted octanol–water partition coefficient (Wildman–Crippen LogP) is 4.42. The molecule has 0 saturated carbocycles. The Labute approximate surface area is 181 Å². The highest BCUT2D eigenvalue weighted by Crippen LogP contribution is 2.21. The van der Waals surface area contributed by atoms with Crippen LogP contribution in [0.25, 0.3) is 6.08 Å². The van der Waals surface area contributed by atoms with Crippen molar-refractivity contribution < 1.29 is 19.1 Å². The van der Waals surface area contributed by atoms with Crippen molar-refractivity contribution in [3.05, 3.63) is 95.2 Å². The standard InChI is InChI=1S/C25H24N2O4/c1-17-7-6-9-19(15-17)24(28)27-22(16-18-8-4-5-10-23(18)31-3)25(29)26-20-11-13-21(30-2)14-12-20/h4-16H,1-3H3,(H,26,29)(H,27,28)/b22-16-. The van der Waals surface area contributed by atoms with Gasteiger partial charge < -0.3 is 20.1 Å². The monoisotopic (exact) mass is 416 g/mol. The van der Waals surface area contributed by atoms with Crippen molar-refractivity contribution in [2.45, 2.75) is 6.92 Å². The van der Waals surface area contributed by atoms with Crippen molar-refractivity contribution in [3.8, 4) is 11.5 Å². The quantitative estimate of drug-likeness (QED) is 0.559. The third-order valence-electron chi connectivity index (χ3n) is 4.56. The largest absolute Gasteiger partial charge is 0.497 e. The minimum atomic E-state index is -0.461. The van der Waals surface area contributed by atoms with Gasteiger partial charge in [0.1, 0.15) is 17.2 Å². The summed E-state index contributed by atoms with van der Waals surface area (Å²) in [6.07, 6.45) is 1.59. The molecule has 0 radical (unpaired) electrons. The first-order valence-corrected chi connectivity index (χ1v) is 9.68. The van der Waals surface area contributed by atoms with Gasteiger partial charge in [0.15, 0.2) is 0 Å². The molecule has 3 aromatic rings. The van der Waals surface area contributed by atoms with Gasteiger partial charge in [0.2, 0.25) is 0 Å². The van der Waals surface area contributed by atoms with Crippen LogP contribution >= 0.6 is 0 Å². The zero-order chi connectivity index (χ0) is 22.2. The van der Waals surface area contributed by atoms with Gasteiger partial charge in [-0.05, 0) is 55.5 Å².